The zero-order chi connectivity index (χ0) is 19.0. The van der Waals surface area contributed by atoms with E-state index in [0.29, 0.717) is 10.2 Å². The quantitative estimate of drug-likeness (QED) is 0.672. The molecule has 0 bridgehead atoms. The van der Waals surface area contributed by atoms with Gasteiger partial charge in [-0.15, -0.1) is 11.3 Å². The number of ether oxygens (including phenoxy) is 1. The number of thiophene rings is 1. The molecule has 0 aliphatic heterocycles. The van der Waals surface area contributed by atoms with Gasteiger partial charge in [0.15, 0.2) is 11.9 Å². The van der Waals surface area contributed by atoms with Crippen LogP contribution < -0.4 is 5.56 Å². The molecule has 0 spiro atoms. The van der Waals surface area contributed by atoms with Crippen molar-refractivity contribution in [2.45, 2.75) is 33.3 Å². The van der Waals surface area contributed by atoms with Crippen molar-refractivity contribution in [3.63, 3.8) is 0 Å². The first kappa shape index (κ1) is 18.5. The first-order valence-electron chi connectivity index (χ1n) is 7.90. The summed E-state index contributed by atoms with van der Waals surface area (Å²) >= 11 is 7.34. The van der Waals surface area contributed by atoms with Gasteiger partial charge in [0.25, 0.3) is 5.56 Å². The Labute approximate surface area is 157 Å². The zero-order valence-corrected chi connectivity index (χ0v) is 15.9. The predicted molar refractivity (Wildman–Crippen MR) is 99.3 cm³/mol. The van der Waals surface area contributed by atoms with Gasteiger partial charge in [0.1, 0.15) is 10.6 Å². The largest absolute Gasteiger partial charge is 0.454 e. The van der Waals surface area contributed by atoms with Crippen molar-refractivity contribution in [2.75, 3.05) is 0 Å². The van der Waals surface area contributed by atoms with Gasteiger partial charge in [-0.3, -0.25) is 9.59 Å². The number of carbonyl (C=O) groups is 1. The second kappa shape index (κ2) is 7.17. The maximum absolute atomic E-state index is 13.8. The molecule has 1 N–H and O–H groups in total. The lowest BCUT2D eigenvalue weighted by atomic mass is 10.1. The van der Waals surface area contributed by atoms with Gasteiger partial charge in [0, 0.05) is 15.5 Å². The van der Waals surface area contributed by atoms with Gasteiger partial charge >= 0.3 is 5.97 Å². The van der Waals surface area contributed by atoms with Crippen LogP contribution in [0, 0.1) is 19.7 Å². The normalized spacial score (nSPS) is 12.3. The van der Waals surface area contributed by atoms with Crippen molar-refractivity contribution in [2.24, 2.45) is 0 Å². The number of fused-ring (bicyclic) bond motifs is 1. The Balaban J connectivity index is 1.81. The molecule has 1 atom stereocenters. The summed E-state index contributed by atoms with van der Waals surface area (Å²) in [6.45, 7) is 5.38. The molecule has 1 aromatic carbocycles. The minimum Gasteiger partial charge on any atom is -0.454 e. The number of aryl methyl sites for hydroxylation is 2. The lowest BCUT2D eigenvalue weighted by molar-refractivity contribution is -0.148. The highest BCUT2D eigenvalue weighted by atomic mass is 35.5. The number of hydrogen-bond donors (Lipinski definition) is 1. The maximum Gasteiger partial charge on any atom is 0.311 e. The monoisotopic (exact) mass is 394 g/mol. The van der Waals surface area contributed by atoms with E-state index >= 15 is 0 Å². The lowest BCUT2D eigenvalue weighted by Gasteiger charge is -2.13. The molecule has 0 radical (unpaired) electrons. The van der Waals surface area contributed by atoms with E-state index in [1.54, 1.807) is 6.92 Å². The van der Waals surface area contributed by atoms with Crippen molar-refractivity contribution >= 4 is 39.1 Å². The number of benzene rings is 1. The van der Waals surface area contributed by atoms with E-state index in [0.717, 1.165) is 10.4 Å². The summed E-state index contributed by atoms with van der Waals surface area (Å²) in [6.07, 6.45) is -1.09. The molecule has 26 heavy (non-hydrogen) atoms. The van der Waals surface area contributed by atoms with Gasteiger partial charge in [-0.05, 0) is 38.5 Å². The summed E-state index contributed by atoms with van der Waals surface area (Å²) in [5.41, 5.74) is 0.698. The Bertz CT molecular complexity index is 1040. The molecule has 1 unspecified atom stereocenters. The molecule has 0 saturated carbocycles. The molecule has 0 aliphatic rings. The van der Waals surface area contributed by atoms with E-state index in [-0.39, 0.29) is 28.4 Å². The standard InChI is InChI=1S/C18H16ClFN2O3S/c1-8-10(3)26-18-15(8)17(24)21-16(22-18)9(2)25-14(23)7-11-12(19)5-4-6-13(11)20/h4-6,9H,7H2,1-3H3,(H,21,22,24). The van der Waals surface area contributed by atoms with Gasteiger partial charge in [0.05, 0.1) is 11.8 Å². The summed E-state index contributed by atoms with van der Waals surface area (Å²) in [4.78, 5) is 33.1. The van der Waals surface area contributed by atoms with E-state index in [2.05, 4.69) is 9.97 Å². The molecule has 0 fully saturated rings. The summed E-state index contributed by atoms with van der Waals surface area (Å²) in [7, 11) is 0. The molecular weight excluding hydrogens is 379 g/mol. The van der Waals surface area contributed by atoms with E-state index < -0.39 is 17.9 Å². The van der Waals surface area contributed by atoms with Crippen LogP contribution in [-0.4, -0.2) is 15.9 Å². The van der Waals surface area contributed by atoms with E-state index in [1.165, 1.54) is 29.5 Å². The van der Waals surface area contributed by atoms with Crippen LogP contribution in [0.5, 0.6) is 0 Å². The Morgan fingerprint density at radius 3 is 2.85 bits per heavy atom. The van der Waals surface area contributed by atoms with Crippen molar-refractivity contribution < 1.29 is 13.9 Å². The molecule has 2 heterocycles. The molecule has 0 aliphatic carbocycles. The maximum atomic E-state index is 13.8. The summed E-state index contributed by atoms with van der Waals surface area (Å²) in [6, 6.07) is 4.20. The van der Waals surface area contributed by atoms with E-state index in [4.69, 9.17) is 16.3 Å². The molecule has 5 nitrogen and oxygen atoms in total. The average Bonchev–Trinajstić information content (AvgIpc) is 2.86. The van der Waals surface area contributed by atoms with Crippen LogP contribution in [0.15, 0.2) is 23.0 Å². The van der Waals surface area contributed by atoms with Crippen LogP contribution in [0.2, 0.25) is 5.02 Å². The molecule has 2 aromatic heterocycles. The Kier molecular flexibility index (Phi) is 5.11. The number of esters is 1. The molecule has 8 heteroatoms. The average molecular weight is 395 g/mol. The third kappa shape index (κ3) is 3.50. The molecular formula is C18H16ClFN2O3S. The van der Waals surface area contributed by atoms with E-state index in [9.17, 15) is 14.0 Å². The molecule has 136 valence electrons. The van der Waals surface area contributed by atoms with Crippen molar-refractivity contribution in [3.05, 3.63) is 61.2 Å². The van der Waals surface area contributed by atoms with Crippen LogP contribution in [0.4, 0.5) is 4.39 Å². The third-order valence-corrected chi connectivity index (χ3v) is 5.59. The van der Waals surface area contributed by atoms with Crippen molar-refractivity contribution in [3.8, 4) is 0 Å². The van der Waals surface area contributed by atoms with Gasteiger partial charge in [0.2, 0.25) is 0 Å². The number of halogens is 2. The highest BCUT2D eigenvalue weighted by molar-refractivity contribution is 7.18. The fourth-order valence-electron chi connectivity index (χ4n) is 2.60. The molecule has 0 amide bonds. The lowest BCUT2D eigenvalue weighted by Crippen LogP contribution is -2.18. The smallest absolute Gasteiger partial charge is 0.311 e. The number of hydrogen-bond acceptors (Lipinski definition) is 5. The van der Waals surface area contributed by atoms with Crippen molar-refractivity contribution in [1.29, 1.82) is 0 Å². The number of H-pyrrole nitrogens is 1. The Morgan fingerprint density at radius 1 is 1.42 bits per heavy atom. The van der Waals surface area contributed by atoms with Gasteiger partial charge < -0.3 is 9.72 Å². The summed E-state index contributed by atoms with van der Waals surface area (Å²) < 4.78 is 19.1. The minimum atomic E-state index is -0.784. The number of aromatic amines is 1. The number of carbonyl (C=O) groups excluding carboxylic acids is 1. The van der Waals surface area contributed by atoms with Crippen LogP contribution in [0.1, 0.15) is 34.9 Å². The summed E-state index contributed by atoms with van der Waals surface area (Å²) in [5, 5.41) is 0.708. The molecule has 3 rings (SSSR count). The Hall–Kier alpha value is -2.25. The van der Waals surface area contributed by atoms with E-state index in [1.807, 2.05) is 13.8 Å². The zero-order valence-electron chi connectivity index (χ0n) is 14.4. The second-order valence-electron chi connectivity index (χ2n) is 5.92. The van der Waals surface area contributed by atoms with Crippen molar-refractivity contribution in [1.82, 2.24) is 9.97 Å². The number of nitrogens with zero attached hydrogens (tertiary/aromatic N) is 1. The van der Waals surface area contributed by atoms with Gasteiger partial charge in [-0.1, -0.05) is 17.7 Å². The van der Waals surface area contributed by atoms with Crippen LogP contribution >= 0.6 is 22.9 Å². The highest BCUT2D eigenvalue weighted by Gasteiger charge is 2.20. The SMILES string of the molecule is Cc1sc2nc(C(C)OC(=O)Cc3c(F)cccc3Cl)[nH]c(=O)c2c1C. The minimum absolute atomic E-state index is 0.0766. The first-order chi connectivity index (χ1) is 12.3. The summed E-state index contributed by atoms with van der Waals surface area (Å²) in [5.74, 6) is -0.984. The number of rotatable bonds is 4. The fourth-order valence-corrected chi connectivity index (χ4v) is 3.87. The topological polar surface area (TPSA) is 72.0 Å². The third-order valence-electron chi connectivity index (χ3n) is 4.13. The van der Waals surface area contributed by atoms with Crippen LogP contribution in [0.25, 0.3) is 10.2 Å². The Morgan fingerprint density at radius 2 is 2.15 bits per heavy atom. The van der Waals surface area contributed by atoms with Crippen LogP contribution in [-0.2, 0) is 16.0 Å². The second-order valence-corrected chi connectivity index (χ2v) is 7.53. The number of nitrogens with one attached hydrogen (secondary N) is 1. The van der Waals surface area contributed by atoms with Gasteiger partial charge in [-0.25, -0.2) is 9.37 Å². The first-order valence-corrected chi connectivity index (χ1v) is 9.09. The number of aromatic nitrogens is 2. The predicted octanol–water partition coefficient (Wildman–Crippen LogP) is 4.24. The molecule has 0 saturated heterocycles. The highest BCUT2D eigenvalue weighted by Crippen LogP contribution is 2.27. The molecule has 3 aromatic rings. The van der Waals surface area contributed by atoms with Crippen LogP contribution in [0.3, 0.4) is 0 Å². The fraction of sp³-hybridized carbons (Fsp3) is 0.278. The van der Waals surface area contributed by atoms with Gasteiger partial charge in [-0.2, -0.15) is 0 Å².